The van der Waals surface area contributed by atoms with Gasteiger partial charge in [0.25, 0.3) is 0 Å². The maximum Gasteiger partial charge on any atom is 0.0499 e. The quantitative estimate of drug-likeness (QED) is 0.606. The van der Waals surface area contributed by atoms with Gasteiger partial charge in [-0.3, -0.25) is 11.3 Å². The molecule has 4 heteroatoms. The van der Waals surface area contributed by atoms with Gasteiger partial charge in [-0.2, -0.15) is 0 Å². The summed E-state index contributed by atoms with van der Waals surface area (Å²) in [6.45, 7) is 2.29. The van der Waals surface area contributed by atoms with Crippen LogP contribution >= 0.6 is 27.5 Å². The van der Waals surface area contributed by atoms with E-state index in [9.17, 15) is 0 Å². The van der Waals surface area contributed by atoms with E-state index in [1.165, 1.54) is 37.7 Å². The summed E-state index contributed by atoms with van der Waals surface area (Å²) in [5.41, 5.74) is 4.22. The second kappa shape index (κ2) is 7.07. The molecule has 0 radical (unpaired) electrons. The van der Waals surface area contributed by atoms with Crippen LogP contribution in [0, 0.1) is 11.8 Å². The van der Waals surface area contributed by atoms with Crippen LogP contribution in [0.1, 0.15) is 50.6 Å². The van der Waals surface area contributed by atoms with Gasteiger partial charge in [0.1, 0.15) is 0 Å². The Morgan fingerprint density at radius 1 is 1.37 bits per heavy atom. The highest BCUT2D eigenvalue weighted by atomic mass is 79.9. The van der Waals surface area contributed by atoms with Crippen LogP contribution in [0.25, 0.3) is 0 Å². The van der Waals surface area contributed by atoms with Crippen molar-refractivity contribution in [1.29, 1.82) is 0 Å². The minimum atomic E-state index is 0.212. The second-order valence-electron chi connectivity index (χ2n) is 5.50. The van der Waals surface area contributed by atoms with Crippen LogP contribution < -0.4 is 11.3 Å². The predicted molar refractivity (Wildman–Crippen MR) is 85.0 cm³/mol. The maximum absolute atomic E-state index is 6.01. The van der Waals surface area contributed by atoms with Crippen molar-refractivity contribution in [3.8, 4) is 0 Å². The van der Waals surface area contributed by atoms with Gasteiger partial charge in [0.15, 0.2) is 0 Å². The number of hydrogen-bond acceptors (Lipinski definition) is 2. The average Bonchev–Trinajstić information content (AvgIpc) is 2.42. The van der Waals surface area contributed by atoms with Gasteiger partial charge in [-0.25, -0.2) is 0 Å². The number of nitrogens with two attached hydrogens (primary N) is 1. The molecule has 2 nitrogen and oxygen atoms in total. The fourth-order valence-electron chi connectivity index (χ4n) is 3.16. The number of rotatable bonds is 4. The molecule has 2 rings (SSSR count). The Balaban J connectivity index is 2.12. The highest BCUT2D eigenvalue weighted by Crippen LogP contribution is 2.39. The molecule has 1 aliphatic carbocycles. The lowest BCUT2D eigenvalue weighted by Crippen LogP contribution is -2.35. The molecule has 0 saturated heterocycles. The molecule has 1 fully saturated rings. The summed E-state index contributed by atoms with van der Waals surface area (Å²) < 4.78 is 1.04. The van der Waals surface area contributed by atoms with Crippen LogP contribution in [-0.2, 0) is 0 Å². The highest BCUT2D eigenvalue weighted by molar-refractivity contribution is 9.10. The molecule has 3 N–H and O–H groups in total. The third kappa shape index (κ3) is 3.72. The molecule has 1 aromatic rings. The van der Waals surface area contributed by atoms with Gasteiger partial charge in [0.05, 0.1) is 0 Å². The molecule has 106 valence electrons. The second-order valence-corrected chi connectivity index (χ2v) is 6.79. The summed E-state index contributed by atoms with van der Waals surface area (Å²) in [6, 6.07) is 6.16. The lowest BCUT2D eigenvalue weighted by atomic mass is 9.76. The molecule has 0 spiro atoms. The summed E-state index contributed by atoms with van der Waals surface area (Å²) in [5, 5.41) is 0.751. The van der Waals surface area contributed by atoms with E-state index in [-0.39, 0.29) is 6.04 Å². The number of hydrogen-bond donors (Lipinski definition) is 2. The van der Waals surface area contributed by atoms with E-state index >= 15 is 0 Å². The third-order valence-corrected chi connectivity index (χ3v) is 5.34. The molecule has 19 heavy (non-hydrogen) atoms. The van der Waals surface area contributed by atoms with Gasteiger partial charge in [-0.05, 0) is 42.4 Å². The van der Waals surface area contributed by atoms with Gasteiger partial charge in [0.2, 0.25) is 0 Å². The van der Waals surface area contributed by atoms with E-state index in [2.05, 4.69) is 34.3 Å². The number of nitrogens with one attached hydrogen (secondary N) is 1. The lowest BCUT2D eigenvalue weighted by Gasteiger charge is -2.34. The number of halogens is 2. The van der Waals surface area contributed by atoms with Gasteiger partial charge < -0.3 is 0 Å². The molecule has 1 aromatic carbocycles. The molecule has 0 heterocycles. The molecule has 1 atom stereocenters. The smallest absolute Gasteiger partial charge is 0.0499 e. The van der Waals surface area contributed by atoms with Crippen molar-refractivity contribution >= 4 is 27.5 Å². The normalized spacial score (nSPS) is 25.3. The van der Waals surface area contributed by atoms with Crippen LogP contribution in [0.4, 0.5) is 0 Å². The largest absolute Gasteiger partial charge is 0.271 e. The Morgan fingerprint density at radius 3 is 2.58 bits per heavy atom. The van der Waals surface area contributed by atoms with E-state index < -0.39 is 0 Å². The summed E-state index contributed by atoms with van der Waals surface area (Å²) in [7, 11) is 0. The van der Waals surface area contributed by atoms with Gasteiger partial charge >= 0.3 is 0 Å². The van der Waals surface area contributed by atoms with Crippen molar-refractivity contribution in [3.63, 3.8) is 0 Å². The summed E-state index contributed by atoms with van der Waals surface area (Å²) in [5.74, 6) is 7.33. The first kappa shape index (κ1) is 15.3. The molecule has 0 bridgehead atoms. The fraction of sp³-hybridized carbons (Fsp3) is 0.600. The molecular weight excluding hydrogens is 324 g/mol. The van der Waals surface area contributed by atoms with E-state index in [1.807, 2.05) is 12.1 Å². The molecule has 1 unspecified atom stereocenters. The van der Waals surface area contributed by atoms with Crippen LogP contribution in [0.5, 0.6) is 0 Å². The van der Waals surface area contributed by atoms with Crippen molar-refractivity contribution in [2.24, 2.45) is 17.7 Å². The van der Waals surface area contributed by atoms with Gasteiger partial charge in [-0.1, -0.05) is 59.8 Å². The molecule has 0 aromatic heterocycles. The SMILES string of the molecule is CCC1CCC(C(NN)c2ccc(Cl)cc2Br)CC1. The summed E-state index contributed by atoms with van der Waals surface area (Å²) in [6.07, 6.45) is 6.46. The first-order valence-corrected chi connectivity index (χ1v) is 8.23. The van der Waals surface area contributed by atoms with E-state index in [0.717, 1.165) is 15.4 Å². The minimum Gasteiger partial charge on any atom is -0.271 e. The minimum absolute atomic E-state index is 0.212. The Kier molecular flexibility index (Phi) is 5.70. The molecule has 0 amide bonds. The van der Waals surface area contributed by atoms with E-state index in [4.69, 9.17) is 17.4 Å². The lowest BCUT2D eigenvalue weighted by molar-refractivity contribution is 0.219. The summed E-state index contributed by atoms with van der Waals surface area (Å²) >= 11 is 9.61. The van der Waals surface area contributed by atoms with Crippen molar-refractivity contribution in [3.05, 3.63) is 33.3 Å². The third-order valence-electron chi connectivity index (χ3n) is 4.42. The van der Waals surface area contributed by atoms with Gasteiger partial charge in [-0.15, -0.1) is 0 Å². The Bertz CT molecular complexity index is 417. The Hall–Kier alpha value is -0.0900. The first-order valence-electron chi connectivity index (χ1n) is 7.06. The van der Waals surface area contributed by atoms with Gasteiger partial charge in [0, 0.05) is 15.5 Å². The monoisotopic (exact) mass is 344 g/mol. The Labute approximate surface area is 129 Å². The molecular formula is C15H22BrClN2. The zero-order chi connectivity index (χ0) is 13.8. The van der Waals surface area contributed by atoms with Crippen LogP contribution in [0.2, 0.25) is 5.02 Å². The van der Waals surface area contributed by atoms with Crippen molar-refractivity contribution in [2.45, 2.75) is 45.1 Å². The fourth-order valence-corrected chi connectivity index (χ4v) is 4.09. The van der Waals surface area contributed by atoms with Crippen LogP contribution in [0.15, 0.2) is 22.7 Å². The van der Waals surface area contributed by atoms with Crippen molar-refractivity contribution in [2.75, 3.05) is 0 Å². The number of benzene rings is 1. The average molecular weight is 346 g/mol. The zero-order valence-electron chi connectivity index (χ0n) is 11.3. The summed E-state index contributed by atoms with van der Waals surface area (Å²) in [4.78, 5) is 0. The Morgan fingerprint density at radius 2 is 2.05 bits per heavy atom. The predicted octanol–water partition coefficient (Wildman–Crippen LogP) is 4.82. The number of hydrazine groups is 1. The van der Waals surface area contributed by atoms with Crippen molar-refractivity contribution in [1.82, 2.24) is 5.43 Å². The van der Waals surface area contributed by atoms with E-state index in [0.29, 0.717) is 5.92 Å². The maximum atomic E-state index is 6.01. The van der Waals surface area contributed by atoms with Crippen LogP contribution in [0.3, 0.4) is 0 Å². The van der Waals surface area contributed by atoms with Crippen molar-refractivity contribution < 1.29 is 0 Å². The van der Waals surface area contributed by atoms with E-state index in [1.54, 1.807) is 0 Å². The highest BCUT2D eigenvalue weighted by Gasteiger charge is 2.28. The molecule has 0 aliphatic heterocycles. The molecule has 1 aliphatic rings. The zero-order valence-corrected chi connectivity index (χ0v) is 13.7. The molecule has 1 saturated carbocycles. The topological polar surface area (TPSA) is 38.0 Å². The van der Waals surface area contributed by atoms with Crippen LogP contribution in [-0.4, -0.2) is 0 Å². The first-order chi connectivity index (χ1) is 9.15. The standard InChI is InChI=1S/C15H22BrClN2/c1-2-10-3-5-11(6-4-10)15(19-18)13-8-7-12(17)9-14(13)16/h7-11,15,19H,2-6,18H2,1H3.